The third kappa shape index (κ3) is 4.88. The molecule has 31 heavy (non-hydrogen) atoms. The van der Waals surface area contributed by atoms with E-state index in [9.17, 15) is 14.0 Å². The van der Waals surface area contributed by atoms with E-state index in [1.54, 1.807) is 24.3 Å². The van der Waals surface area contributed by atoms with Gasteiger partial charge in [-0.25, -0.2) is 4.39 Å². The molecule has 1 saturated heterocycles. The van der Waals surface area contributed by atoms with E-state index in [-0.39, 0.29) is 24.6 Å². The highest BCUT2D eigenvalue weighted by atomic mass is 19.1. The molecule has 3 aromatic rings. The van der Waals surface area contributed by atoms with Gasteiger partial charge in [0.25, 0.3) is 0 Å². The number of carbonyl (C=O) groups excluding carboxylic acids is 2. The predicted molar refractivity (Wildman–Crippen MR) is 113 cm³/mol. The van der Waals surface area contributed by atoms with E-state index in [1.165, 1.54) is 12.1 Å². The molecule has 1 aromatic heterocycles. The molecule has 3 N–H and O–H groups in total. The van der Waals surface area contributed by atoms with E-state index >= 15 is 0 Å². The molecule has 0 unspecified atom stereocenters. The first-order chi connectivity index (χ1) is 15.0. The zero-order chi connectivity index (χ0) is 21.8. The normalized spacial score (nSPS) is 13.4. The maximum atomic E-state index is 13.1. The topological polar surface area (TPSA) is 114 Å². The number of benzene rings is 2. The summed E-state index contributed by atoms with van der Waals surface area (Å²) in [5, 5.41) is 6.75. The fourth-order valence-electron chi connectivity index (χ4n) is 3.53. The van der Waals surface area contributed by atoms with Gasteiger partial charge in [0, 0.05) is 37.1 Å². The lowest BCUT2D eigenvalue weighted by molar-refractivity contribution is -0.116. The van der Waals surface area contributed by atoms with Crippen LogP contribution in [0, 0.1) is 5.82 Å². The van der Waals surface area contributed by atoms with Crippen molar-refractivity contribution in [2.75, 3.05) is 23.3 Å². The second-order valence-corrected chi connectivity index (χ2v) is 7.36. The Balaban J connectivity index is 1.42. The van der Waals surface area contributed by atoms with Crippen molar-refractivity contribution in [3.8, 4) is 11.4 Å². The van der Waals surface area contributed by atoms with Gasteiger partial charge in [-0.3, -0.25) is 9.59 Å². The number of rotatable bonds is 7. The second kappa shape index (κ2) is 8.95. The number of halogens is 1. The monoisotopic (exact) mass is 423 g/mol. The third-order valence-corrected chi connectivity index (χ3v) is 5.14. The van der Waals surface area contributed by atoms with Crippen LogP contribution in [0.2, 0.25) is 0 Å². The van der Waals surface area contributed by atoms with Gasteiger partial charge in [0.1, 0.15) is 5.82 Å². The molecule has 9 heteroatoms. The van der Waals surface area contributed by atoms with Crippen LogP contribution in [0.4, 0.5) is 15.8 Å². The Morgan fingerprint density at radius 1 is 1.13 bits per heavy atom. The smallest absolute Gasteiger partial charge is 0.248 e. The van der Waals surface area contributed by atoms with Crippen molar-refractivity contribution in [3.63, 3.8) is 0 Å². The fourth-order valence-corrected chi connectivity index (χ4v) is 3.53. The van der Waals surface area contributed by atoms with Crippen LogP contribution in [0.1, 0.15) is 35.5 Å². The predicted octanol–water partition coefficient (Wildman–Crippen LogP) is 3.15. The van der Waals surface area contributed by atoms with Crippen molar-refractivity contribution < 1.29 is 18.5 Å². The molecule has 2 aromatic carbocycles. The van der Waals surface area contributed by atoms with E-state index in [4.69, 9.17) is 10.3 Å². The van der Waals surface area contributed by atoms with Crippen LogP contribution in [0.5, 0.6) is 0 Å². The van der Waals surface area contributed by atoms with Crippen molar-refractivity contribution >= 4 is 23.2 Å². The van der Waals surface area contributed by atoms with Gasteiger partial charge in [-0.15, -0.1) is 0 Å². The number of primary amides is 1. The van der Waals surface area contributed by atoms with E-state index in [2.05, 4.69) is 20.4 Å². The number of hydrogen-bond acceptors (Lipinski definition) is 6. The Bertz CT molecular complexity index is 1090. The minimum absolute atomic E-state index is 0.116. The van der Waals surface area contributed by atoms with Gasteiger partial charge in [-0.05, 0) is 55.3 Å². The van der Waals surface area contributed by atoms with Gasteiger partial charge >= 0.3 is 0 Å². The highest BCUT2D eigenvalue weighted by molar-refractivity contribution is 5.99. The number of hydrogen-bond donors (Lipinski definition) is 2. The average molecular weight is 423 g/mol. The van der Waals surface area contributed by atoms with Crippen LogP contribution in [0.15, 0.2) is 47.0 Å². The Labute approximate surface area is 178 Å². The molecule has 1 aliphatic heterocycles. The lowest BCUT2D eigenvalue weighted by Crippen LogP contribution is -2.22. The number of nitrogens with zero attached hydrogens (tertiary/aromatic N) is 3. The molecule has 1 aliphatic rings. The van der Waals surface area contributed by atoms with Gasteiger partial charge in [0.2, 0.25) is 23.5 Å². The van der Waals surface area contributed by atoms with Crippen LogP contribution in [-0.2, 0) is 11.2 Å². The summed E-state index contributed by atoms with van der Waals surface area (Å²) in [6, 6.07) is 10.8. The first-order valence-corrected chi connectivity index (χ1v) is 10.1. The minimum atomic E-state index is -0.553. The number of aromatic nitrogens is 2. The van der Waals surface area contributed by atoms with Crippen LogP contribution in [-0.4, -0.2) is 35.0 Å². The first-order valence-electron chi connectivity index (χ1n) is 10.1. The van der Waals surface area contributed by atoms with Crippen LogP contribution in [0.3, 0.4) is 0 Å². The SMILES string of the molecule is NC(=O)c1ccc(N2CCCC2)c(NC(=O)CCc2nc(-c3ccc(F)cc3)no2)c1. The Kier molecular flexibility index (Phi) is 5.92. The fraction of sp³-hybridized carbons (Fsp3) is 0.273. The molecule has 0 saturated carbocycles. The van der Waals surface area contributed by atoms with E-state index in [1.807, 2.05) is 6.07 Å². The minimum Gasteiger partial charge on any atom is -0.370 e. The average Bonchev–Trinajstić information content (AvgIpc) is 3.45. The Morgan fingerprint density at radius 3 is 2.58 bits per heavy atom. The lowest BCUT2D eigenvalue weighted by Gasteiger charge is -2.22. The van der Waals surface area contributed by atoms with Crippen molar-refractivity contribution in [1.82, 2.24) is 10.1 Å². The molecule has 2 amide bonds. The van der Waals surface area contributed by atoms with Crippen LogP contribution in [0.25, 0.3) is 11.4 Å². The maximum absolute atomic E-state index is 13.1. The highest BCUT2D eigenvalue weighted by Gasteiger charge is 2.19. The second-order valence-electron chi connectivity index (χ2n) is 7.36. The lowest BCUT2D eigenvalue weighted by atomic mass is 10.1. The molecule has 0 atom stereocenters. The number of nitrogens with two attached hydrogens (primary N) is 1. The maximum Gasteiger partial charge on any atom is 0.248 e. The molecule has 0 aliphatic carbocycles. The van der Waals surface area contributed by atoms with Gasteiger partial charge < -0.3 is 20.5 Å². The van der Waals surface area contributed by atoms with Crippen LogP contribution >= 0.6 is 0 Å². The Hall–Kier alpha value is -3.75. The standard InChI is InChI=1S/C22H22FN5O3/c23-16-6-3-14(4-7-16)22-26-20(31-27-22)10-9-19(29)25-17-13-15(21(24)30)5-8-18(17)28-11-1-2-12-28/h3-8,13H,1-2,9-12H2,(H2,24,30)(H,25,29). The highest BCUT2D eigenvalue weighted by Crippen LogP contribution is 2.30. The van der Waals surface area contributed by atoms with Gasteiger partial charge in [0.15, 0.2) is 0 Å². The van der Waals surface area contributed by atoms with Crippen LogP contribution < -0.4 is 16.0 Å². The molecule has 2 heterocycles. The van der Waals surface area contributed by atoms with Crippen molar-refractivity contribution in [2.45, 2.75) is 25.7 Å². The zero-order valence-corrected chi connectivity index (χ0v) is 16.8. The summed E-state index contributed by atoms with van der Waals surface area (Å²) in [6.07, 6.45) is 2.52. The van der Waals surface area contributed by atoms with Crippen molar-refractivity contribution in [1.29, 1.82) is 0 Å². The largest absolute Gasteiger partial charge is 0.370 e. The summed E-state index contributed by atoms with van der Waals surface area (Å²) >= 11 is 0. The van der Waals surface area contributed by atoms with Gasteiger partial charge in [0.05, 0.1) is 11.4 Å². The molecule has 0 spiro atoms. The summed E-state index contributed by atoms with van der Waals surface area (Å²) in [5.41, 5.74) is 7.78. The molecule has 1 fully saturated rings. The molecule has 160 valence electrons. The third-order valence-electron chi connectivity index (χ3n) is 5.14. The first kappa shape index (κ1) is 20.5. The van der Waals surface area contributed by atoms with E-state index < -0.39 is 5.91 Å². The summed E-state index contributed by atoms with van der Waals surface area (Å²) in [7, 11) is 0. The van der Waals surface area contributed by atoms with Crippen molar-refractivity contribution in [3.05, 3.63) is 59.7 Å². The van der Waals surface area contributed by atoms with Gasteiger partial charge in [-0.2, -0.15) is 4.98 Å². The molecule has 8 nitrogen and oxygen atoms in total. The summed E-state index contributed by atoms with van der Waals surface area (Å²) in [6.45, 7) is 1.79. The quantitative estimate of drug-likeness (QED) is 0.603. The zero-order valence-electron chi connectivity index (χ0n) is 16.8. The number of carbonyl (C=O) groups is 2. The molecular formula is C22H22FN5O3. The number of nitrogens with one attached hydrogen (secondary N) is 1. The summed E-state index contributed by atoms with van der Waals surface area (Å²) in [4.78, 5) is 30.6. The molecule has 4 rings (SSSR count). The summed E-state index contributed by atoms with van der Waals surface area (Å²) in [5.74, 6) is -0.509. The molecular weight excluding hydrogens is 401 g/mol. The Morgan fingerprint density at radius 2 is 1.87 bits per heavy atom. The van der Waals surface area contributed by atoms with Crippen molar-refractivity contribution in [2.24, 2.45) is 5.73 Å². The number of aryl methyl sites for hydroxylation is 1. The van der Waals surface area contributed by atoms with E-state index in [0.717, 1.165) is 31.6 Å². The van der Waals surface area contributed by atoms with E-state index in [0.29, 0.717) is 28.5 Å². The molecule has 0 bridgehead atoms. The van der Waals surface area contributed by atoms with Gasteiger partial charge in [-0.1, -0.05) is 5.16 Å². The summed E-state index contributed by atoms with van der Waals surface area (Å²) < 4.78 is 18.3. The molecule has 0 radical (unpaired) electrons. The number of amides is 2. The number of anilines is 2.